The van der Waals surface area contributed by atoms with Gasteiger partial charge in [0.1, 0.15) is 10.8 Å². The highest BCUT2D eigenvalue weighted by molar-refractivity contribution is 6.65. The molecule has 0 aliphatic carbocycles. The highest BCUT2D eigenvalue weighted by Crippen LogP contribution is 2.14. The second-order valence-electron chi connectivity index (χ2n) is 4.20. The number of carbonyl (C=O) groups is 1. The topological polar surface area (TPSA) is 38.7 Å². The summed E-state index contributed by atoms with van der Waals surface area (Å²) < 4.78 is 5.20. The van der Waals surface area contributed by atoms with E-state index in [1.807, 2.05) is 20.8 Å². The van der Waals surface area contributed by atoms with Gasteiger partial charge in [0.05, 0.1) is 5.57 Å². The Hall–Kier alpha value is -1.09. The van der Waals surface area contributed by atoms with E-state index in [2.05, 4.69) is 4.99 Å². The molecule has 1 aliphatic heterocycles. The third-order valence-electron chi connectivity index (χ3n) is 1.56. The Morgan fingerprint density at radius 2 is 2.20 bits per heavy atom. The fraction of sp³-hybridized carbons (Fsp3) is 0.455. The Bertz CT molecular complexity index is 348. The minimum Gasteiger partial charge on any atom is -0.456 e. The van der Waals surface area contributed by atoms with E-state index in [1.54, 1.807) is 12.2 Å². The highest BCUT2D eigenvalue weighted by Gasteiger charge is 2.18. The summed E-state index contributed by atoms with van der Waals surface area (Å²) in [5.41, 5.74) is -0.0773. The van der Waals surface area contributed by atoms with Crippen LogP contribution in [-0.4, -0.2) is 16.7 Å². The quantitative estimate of drug-likeness (QED) is 0.646. The normalized spacial score (nSPS) is 16.5. The molecule has 0 aromatic heterocycles. The van der Waals surface area contributed by atoms with Crippen LogP contribution in [0.25, 0.3) is 0 Å². The van der Waals surface area contributed by atoms with Crippen LogP contribution in [0.1, 0.15) is 27.2 Å². The second kappa shape index (κ2) is 4.62. The van der Waals surface area contributed by atoms with Crippen molar-refractivity contribution in [1.29, 1.82) is 0 Å². The van der Waals surface area contributed by atoms with Crippen molar-refractivity contribution in [1.82, 2.24) is 0 Å². The van der Waals surface area contributed by atoms with Gasteiger partial charge in [-0.05, 0) is 26.8 Å². The molecule has 15 heavy (non-hydrogen) atoms. The maximum atomic E-state index is 11.6. The number of rotatable bonds is 1. The summed E-state index contributed by atoms with van der Waals surface area (Å²) in [6.45, 7) is 5.46. The van der Waals surface area contributed by atoms with Crippen LogP contribution in [0.4, 0.5) is 0 Å². The molecule has 0 saturated carbocycles. The molecule has 0 bridgehead atoms. The Morgan fingerprint density at radius 1 is 1.53 bits per heavy atom. The predicted octanol–water partition coefficient (Wildman–Crippen LogP) is 2.81. The minimum absolute atomic E-state index is 0.381. The zero-order valence-corrected chi connectivity index (χ0v) is 9.84. The SMILES string of the molecule is CC(C)(C)OC(=O)C1=CN=C(Cl)CC=C1. The van der Waals surface area contributed by atoms with Crippen molar-refractivity contribution in [2.75, 3.05) is 0 Å². The van der Waals surface area contributed by atoms with Gasteiger partial charge < -0.3 is 4.74 Å². The molecule has 0 aromatic rings. The van der Waals surface area contributed by atoms with Crippen LogP contribution in [0.3, 0.4) is 0 Å². The lowest BCUT2D eigenvalue weighted by Crippen LogP contribution is -2.24. The van der Waals surface area contributed by atoms with Crippen LogP contribution in [0.15, 0.2) is 28.9 Å². The summed E-state index contributed by atoms with van der Waals surface area (Å²) in [7, 11) is 0. The summed E-state index contributed by atoms with van der Waals surface area (Å²) in [4.78, 5) is 15.5. The van der Waals surface area contributed by atoms with E-state index in [0.29, 0.717) is 17.2 Å². The van der Waals surface area contributed by atoms with E-state index in [-0.39, 0.29) is 5.97 Å². The molecule has 1 rings (SSSR count). The van der Waals surface area contributed by atoms with Crippen LogP contribution in [0.2, 0.25) is 0 Å². The first kappa shape index (κ1) is 12.0. The maximum Gasteiger partial charge on any atom is 0.340 e. The van der Waals surface area contributed by atoms with Crippen molar-refractivity contribution in [3.8, 4) is 0 Å². The van der Waals surface area contributed by atoms with Gasteiger partial charge in [0.15, 0.2) is 0 Å². The summed E-state index contributed by atoms with van der Waals surface area (Å²) in [6, 6.07) is 0. The molecule has 1 heterocycles. The third-order valence-corrected chi connectivity index (χ3v) is 1.81. The zero-order valence-electron chi connectivity index (χ0n) is 9.08. The van der Waals surface area contributed by atoms with Crippen molar-refractivity contribution >= 4 is 22.7 Å². The van der Waals surface area contributed by atoms with Crippen LogP contribution in [-0.2, 0) is 9.53 Å². The number of nitrogens with zero attached hydrogens (tertiary/aromatic N) is 1. The molecule has 0 atom stereocenters. The van der Waals surface area contributed by atoms with Crippen LogP contribution in [0.5, 0.6) is 0 Å². The number of hydrogen-bond acceptors (Lipinski definition) is 3. The number of allylic oxidation sites excluding steroid dienone is 1. The lowest BCUT2D eigenvalue weighted by molar-refractivity contribution is -0.149. The number of ether oxygens (including phenoxy) is 1. The number of aliphatic imine (C=N–C) groups is 1. The molecule has 0 unspecified atom stereocenters. The molecule has 0 saturated heterocycles. The summed E-state index contributed by atoms with van der Waals surface area (Å²) in [6.07, 6.45) is 5.44. The van der Waals surface area contributed by atoms with Crippen LogP contribution in [0, 0.1) is 0 Å². The summed E-state index contributed by atoms with van der Waals surface area (Å²) in [5.74, 6) is -0.381. The average molecular weight is 228 g/mol. The summed E-state index contributed by atoms with van der Waals surface area (Å²) >= 11 is 5.73. The van der Waals surface area contributed by atoms with Crippen molar-refractivity contribution in [3.63, 3.8) is 0 Å². The molecule has 0 radical (unpaired) electrons. The van der Waals surface area contributed by atoms with Gasteiger partial charge in [-0.15, -0.1) is 0 Å². The van der Waals surface area contributed by atoms with E-state index in [9.17, 15) is 4.79 Å². The monoisotopic (exact) mass is 227 g/mol. The Labute approximate surface area is 94.5 Å². The molecule has 0 spiro atoms. The van der Waals surface area contributed by atoms with Crippen molar-refractivity contribution in [2.24, 2.45) is 4.99 Å². The Kier molecular flexibility index (Phi) is 3.69. The first-order valence-electron chi connectivity index (χ1n) is 4.71. The highest BCUT2D eigenvalue weighted by atomic mass is 35.5. The smallest absolute Gasteiger partial charge is 0.340 e. The minimum atomic E-state index is -0.494. The molecule has 82 valence electrons. The molecule has 3 nitrogen and oxygen atoms in total. The molecule has 0 fully saturated rings. The standard InChI is InChI=1S/C11H14ClNO2/c1-11(2,3)15-10(14)8-5-4-6-9(12)13-7-8/h4-5,7H,6H2,1-3H3. The van der Waals surface area contributed by atoms with E-state index in [4.69, 9.17) is 16.3 Å². The van der Waals surface area contributed by atoms with Gasteiger partial charge in [0, 0.05) is 12.6 Å². The van der Waals surface area contributed by atoms with Gasteiger partial charge in [-0.2, -0.15) is 0 Å². The van der Waals surface area contributed by atoms with Gasteiger partial charge in [-0.1, -0.05) is 17.7 Å². The number of esters is 1. The van der Waals surface area contributed by atoms with Crippen molar-refractivity contribution in [2.45, 2.75) is 32.8 Å². The predicted molar refractivity (Wildman–Crippen MR) is 61.0 cm³/mol. The molecule has 0 aromatic carbocycles. The van der Waals surface area contributed by atoms with E-state index >= 15 is 0 Å². The lowest BCUT2D eigenvalue weighted by atomic mass is 10.2. The van der Waals surface area contributed by atoms with Gasteiger partial charge in [-0.3, -0.25) is 0 Å². The van der Waals surface area contributed by atoms with Crippen LogP contribution >= 0.6 is 11.6 Å². The molecule has 4 heteroatoms. The molecule has 0 amide bonds. The first-order chi connectivity index (χ1) is 6.88. The summed E-state index contributed by atoms with van der Waals surface area (Å²) in [5, 5.41) is 0.463. The van der Waals surface area contributed by atoms with E-state index in [0.717, 1.165) is 0 Å². The van der Waals surface area contributed by atoms with Crippen molar-refractivity contribution in [3.05, 3.63) is 23.9 Å². The largest absolute Gasteiger partial charge is 0.456 e. The second-order valence-corrected chi connectivity index (χ2v) is 4.63. The first-order valence-corrected chi connectivity index (χ1v) is 5.08. The van der Waals surface area contributed by atoms with E-state index < -0.39 is 5.60 Å². The fourth-order valence-corrected chi connectivity index (χ4v) is 1.11. The Morgan fingerprint density at radius 3 is 2.80 bits per heavy atom. The zero-order chi connectivity index (χ0) is 11.5. The molecule has 1 aliphatic rings. The molecular weight excluding hydrogens is 214 g/mol. The number of carbonyl (C=O) groups excluding carboxylic acids is 1. The third kappa shape index (κ3) is 4.30. The van der Waals surface area contributed by atoms with E-state index in [1.165, 1.54) is 6.20 Å². The fourth-order valence-electron chi connectivity index (χ4n) is 0.976. The molecule has 0 N–H and O–H groups in total. The van der Waals surface area contributed by atoms with Crippen LogP contribution < -0.4 is 0 Å². The van der Waals surface area contributed by atoms with Crippen molar-refractivity contribution < 1.29 is 9.53 Å². The number of halogens is 1. The Balaban J connectivity index is 2.76. The van der Waals surface area contributed by atoms with Gasteiger partial charge in [0.25, 0.3) is 0 Å². The molecular formula is C11H14ClNO2. The van der Waals surface area contributed by atoms with Gasteiger partial charge in [0.2, 0.25) is 0 Å². The van der Waals surface area contributed by atoms with Gasteiger partial charge in [-0.25, -0.2) is 9.79 Å². The number of hydrogen-bond donors (Lipinski definition) is 0. The maximum absolute atomic E-state index is 11.6. The lowest BCUT2D eigenvalue weighted by Gasteiger charge is -2.19. The van der Waals surface area contributed by atoms with Gasteiger partial charge >= 0.3 is 5.97 Å². The average Bonchev–Trinajstić information content (AvgIpc) is 2.26.